The Balaban J connectivity index is 1.77. The highest BCUT2D eigenvalue weighted by molar-refractivity contribution is 5.80. The molecule has 1 heterocycles. The zero-order chi connectivity index (χ0) is 17.2. The third-order valence-corrected chi connectivity index (χ3v) is 4.93. The fourth-order valence-corrected chi connectivity index (χ4v) is 3.30. The minimum absolute atomic E-state index is 0.221. The van der Waals surface area contributed by atoms with Gasteiger partial charge >= 0.3 is 6.18 Å². The van der Waals surface area contributed by atoms with Crippen molar-refractivity contribution < 1.29 is 13.2 Å². The molecule has 1 aliphatic heterocycles. The number of alkyl halides is 3. The molecule has 1 N–H and O–H groups in total. The van der Waals surface area contributed by atoms with E-state index in [1.807, 2.05) is 6.92 Å². The number of hydrogen-bond donors (Lipinski definition) is 1. The van der Waals surface area contributed by atoms with Gasteiger partial charge in [0.1, 0.15) is 0 Å². The van der Waals surface area contributed by atoms with Crippen LogP contribution in [0.5, 0.6) is 0 Å². The van der Waals surface area contributed by atoms with Crippen LogP contribution in [-0.4, -0.2) is 37.0 Å². The van der Waals surface area contributed by atoms with Gasteiger partial charge in [0, 0.05) is 25.0 Å². The van der Waals surface area contributed by atoms with E-state index in [1.54, 1.807) is 6.07 Å². The smallest absolute Gasteiger partial charge is 0.357 e. The molecule has 0 unspecified atom stereocenters. The van der Waals surface area contributed by atoms with Crippen molar-refractivity contribution in [3.8, 4) is 0 Å². The van der Waals surface area contributed by atoms with Crippen molar-refractivity contribution in [2.45, 2.75) is 44.2 Å². The number of likely N-dealkylation sites (tertiary alicyclic amines) is 1. The highest BCUT2D eigenvalue weighted by atomic mass is 19.4. The van der Waals surface area contributed by atoms with Crippen molar-refractivity contribution in [2.75, 3.05) is 26.2 Å². The van der Waals surface area contributed by atoms with E-state index in [0.717, 1.165) is 50.1 Å². The van der Waals surface area contributed by atoms with Gasteiger partial charge in [0.2, 0.25) is 0 Å². The average Bonchev–Trinajstić information content (AvgIpc) is 3.15. The molecule has 1 saturated carbocycles. The fourth-order valence-electron chi connectivity index (χ4n) is 3.30. The van der Waals surface area contributed by atoms with E-state index < -0.39 is 11.7 Å². The third kappa shape index (κ3) is 3.68. The Kier molecular flexibility index (Phi) is 4.74. The number of guanidine groups is 1. The van der Waals surface area contributed by atoms with E-state index in [-0.39, 0.29) is 5.41 Å². The van der Waals surface area contributed by atoms with Crippen molar-refractivity contribution in [1.82, 2.24) is 10.2 Å². The molecule has 1 aliphatic carbocycles. The zero-order valence-electron chi connectivity index (χ0n) is 14.0. The zero-order valence-corrected chi connectivity index (χ0v) is 14.0. The molecule has 0 spiro atoms. The summed E-state index contributed by atoms with van der Waals surface area (Å²) in [5.41, 5.74) is -0.0261. The first-order chi connectivity index (χ1) is 11.4. The first kappa shape index (κ1) is 17.1. The summed E-state index contributed by atoms with van der Waals surface area (Å²) in [5, 5.41) is 3.31. The van der Waals surface area contributed by atoms with Crippen LogP contribution in [0, 0.1) is 0 Å². The van der Waals surface area contributed by atoms with Gasteiger partial charge in [-0.1, -0.05) is 18.2 Å². The fraction of sp³-hybridized carbons (Fsp3) is 0.611. The summed E-state index contributed by atoms with van der Waals surface area (Å²) in [6.45, 7) is 5.38. The molecule has 6 heteroatoms. The lowest BCUT2D eigenvalue weighted by molar-refractivity contribution is -0.137. The van der Waals surface area contributed by atoms with Gasteiger partial charge in [-0.3, -0.25) is 4.99 Å². The minimum Gasteiger partial charge on any atom is -0.357 e. The molecule has 3 rings (SSSR count). The highest BCUT2D eigenvalue weighted by Crippen LogP contribution is 2.49. The number of nitrogens with zero attached hydrogens (tertiary/aromatic N) is 2. The first-order valence-electron chi connectivity index (χ1n) is 8.66. The number of aliphatic imine (C=N–C) groups is 1. The minimum atomic E-state index is -4.29. The van der Waals surface area contributed by atoms with E-state index in [2.05, 4.69) is 10.2 Å². The maximum absolute atomic E-state index is 13.0. The SMILES string of the molecule is CCNC(=NCC1(c2cccc(C(F)(F)F)c2)CC1)N1CCCC1. The molecule has 24 heavy (non-hydrogen) atoms. The van der Waals surface area contributed by atoms with Crippen LogP contribution in [-0.2, 0) is 11.6 Å². The van der Waals surface area contributed by atoms with Crippen molar-refractivity contribution in [3.05, 3.63) is 35.4 Å². The molecule has 2 aliphatic rings. The lowest BCUT2D eigenvalue weighted by Gasteiger charge is -2.22. The van der Waals surface area contributed by atoms with Crippen LogP contribution in [0.15, 0.2) is 29.3 Å². The standard InChI is InChI=1S/C18H24F3N3/c1-2-22-16(24-10-3-4-11-24)23-13-17(8-9-17)14-6-5-7-15(12-14)18(19,20)21/h5-7,12H,2-4,8-11,13H2,1H3,(H,22,23). The average molecular weight is 339 g/mol. The molecule has 1 saturated heterocycles. The predicted octanol–water partition coefficient (Wildman–Crippen LogP) is 3.80. The van der Waals surface area contributed by atoms with E-state index in [9.17, 15) is 13.2 Å². The van der Waals surface area contributed by atoms with Crippen molar-refractivity contribution in [3.63, 3.8) is 0 Å². The van der Waals surface area contributed by atoms with Crippen LogP contribution in [0.25, 0.3) is 0 Å². The Morgan fingerprint density at radius 2 is 1.96 bits per heavy atom. The van der Waals surface area contributed by atoms with Crippen LogP contribution < -0.4 is 5.32 Å². The summed E-state index contributed by atoms with van der Waals surface area (Å²) in [4.78, 5) is 6.99. The van der Waals surface area contributed by atoms with Gasteiger partial charge in [0.25, 0.3) is 0 Å². The Hall–Kier alpha value is -1.72. The van der Waals surface area contributed by atoms with E-state index >= 15 is 0 Å². The molecule has 132 valence electrons. The lowest BCUT2D eigenvalue weighted by Crippen LogP contribution is -2.40. The van der Waals surface area contributed by atoms with E-state index in [1.165, 1.54) is 25.0 Å². The van der Waals surface area contributed by atoms with Gasteiger partial charge < -0.3 is 10.2 Å². The topological polar surface area (TPSA) is 27.6 Å². The largest absolute Gasteiger partial charge is 0.416 e. The van der Waals surface area contributed by atoms with E-state index in [0.29, 0.717) is 6.54 Å². The van der Waals surface area contributed by atoms with Gasteiger partial charge in [-0.25, -0.2) is 0 Å². The third-order valence-electron chi connectivity index (χ3n) is 4.93. The number of hydrogen-bond acceptors (Lipinski definition) is 1. The molecule has 1 aromatic rings. The van der Waals surface area contributed by atoms with Gasteiger partial charge in [-0.05, 0) is 44.2 Å². The molecular formula is C18H24F3N3. The first-order valence-corrected chi connectivity index (χ1v) is 8.66. The van der Waals surface area contributed by atoms with E-state index in [4.69, 9.17) is 4.99 Å². The van der Waals surface area contributed by atoms with Crippen LogP contribution in [0.4, 0.5) is 13.2 Å². The maximum atomic E-state index is 13.0. The summed E-state index contributed by atoms with van der Waals surface area (Å²) in [6, 6.07) is 5.75. The second-order valence-electron chi connectivity index (χ2n) is 6.72. The molecule has 1 aromatic carbocycles. The molecule has 0 bridgehead atoms. The summed E-state index contributed by atoms with van der Waals surface area (Å²) in [7, 11) is 0. The van der Waals surface area contributed by atoms with Crippen molar-refractivity contribution in [1.29, 1.82) is 0 Å². The van der Waals surface area contributed by atoms with Crippen molar-refractivity contribution in [2.24, 2.45) is 4.99 Å². The summed E-state index contributed by atoms with van der Waals surface area (Å²) < 4.78 is 38.9. The Labute approximate surface area is 141 Å². The molecule has 0 amide bonds. The van der Waals surface area contributed by atoms with Crippen LogP contribution in [0.2, 0.25) is 0 Å². The Morgan fingerprint density at radius 1 is 1.25 bits per heavy atom. The summed E-state index contributed by atoms with van der Waals surface area (Å²) >= 11 is 0. The Morgan fingerprint density at radius 3 is 2.54 bits per heavy atom. The molecular weight excluding hydrogens is 315 g/mol. The van der Waals surface area contributed by atoms with Gasteiger partial charge in [-0.2, -0.15) is 13.2 Å². The monoisotopic (exact) mass is 339 g/mol. The summed E-state index contributed by atoms with van der Waals surface area (Å²) in [6.07, 6.45) is -0.152. The van der Waals surface area contributed by atoms with Gasteiger partial charge in [-0.15, -0.1) is 0 Å². The van der Waals surface area contributed by atoms with Crippen LogP contribution in [0.3, 0.4) is 0 Å². The molecule has 0 radical (unpaired) electrons. The number of rotatable bonds is 4. The number of benzene rings is 1. The molecule has 3 nitrogen and oxygen atoms in total. The van der Waals surface area contributed by atoms with Crippen LogP contribution in [0.1, 0.15) is 43.7 Å². The summed E-state index contributed by atoms with van der Waals surface area (Å²) in [5.74, 6) is 0.897. The number of nitrogens with one attached hydrogen (secondary N) is 1. The predicted molar refractivity (Wildman–Crippen MR) is 89.1 cm³/mol. The quantitative estimate of drug-likeness (QED) is 0.667. The molecule has 0 aromatic heterocycles. The van der Waals surface area contributed by atoms with Gasteiger partial charge in [0.15, 0.2) is 5.96 Å². The second kappa shape index (κ2) is 6.65. The molecule has 2 fully saturated rings. The molecule has 0 atom stereocenters. The maximum Gasteiger partial charge on any atom is 0.416 e. The van der Waals surface area contributed by atoms with Gasteiger partial charge in [0.05, 0.1) is 12.1 Å². The normalized spacial score (nSPS) is 20.3. The lowest BCUT2D eigenvalue weighted by atomic mass is 9.94. The highest BCUT2D eigenvalue weighted by Gasteiger charge is 2.45. The second-order valence-corrected chi connectivity index (χ2v) is 6.72. The van der Waals surface area contributed by atoms with Crippen molar-refractivity contribution >= 4 is 5.96 Å². The number of halogens is 3. The van der Waals surface area contributed by atoms with Crippen LogP contribution >= 0.6 is 0 Å². The Bertz CT molecular complexity index is 600.